The van der Waals surface area contributed by atoms with Crippen LogP contribution in [0.4, 0.5) is 0 Å². The summed E-state index contributed by atoms with van der Waals surface area (Å²) in [5, 5.41) is 11.7. The molecule has 3 nitrogen and oxygen atoms in total. The molecule has 0 aliphatic heterocycles. The fourth-order valence-electron chi connectivity index (χ4n) is 2.29. The summed E-state index contributed by atoms with van der Waals surface area (Å²) in [6.07, 6.45) is 3.73. The third-order valence-electron chi connectivity index (χ3n) is 3.03. The lowest BCUT2D eigenvalue weighted by Crippen LogP contribution is -2.44. The fraction of sp³-hybridized carbons (Fsp3) is 0.900. The average Bonchev–Trinajstić information content (AvgIpc) is 2.03. The summed E-state index contributed by atoms with van der Waals surface area (Å²) >= 11 is 0. The van der Waals surface area contributed by atoms with E-state index < -0.39 is 5.97 Å². The molecule has 0 amide bonds. The van der Waals surface area contributed by atoms with Crippen LogP contribution in [0.2, 0.25) is 0 Å². The Kier molecular flexibility index (Phi) is 3.72. The zero-order chi connectivity index (χ0) is 9.84. The summed E-state index contributed by atoms with van der Waals surface area (Å²) in [5.41, 5.74) is 0. The first-order chi connectivity index (χ1) is 6.11. The predicted octanol–water partition coefficient (Wildman–Crippen LogP) is 1.49. The van der Waals surface area contributed by atoms with E-state index in [2.05, 4.69) is 19.2 Å². The van der Waals surface area contributed by atoms with Crippen LogP contribution >= 0.6 is 0 Å². The van der Waals surface area contributed by atoms with E-state index in [9.17, 15) is 4.79 Å². The predicted molar refractivity (Wildman–Crippen MR) is 51.6 cm³/mol. The van der Waals surface area contributed by atoms with Crippen LogP contribution in [0.15, 0.2) is 0 Å². The minimum absolute atomic E-state index is 0.0966. The van der Waals surface area contributed by atoms with E-state index in [4.69, 9.17) is 5.11 Å². The number of aliphatic carboxylic acids is 1. The summed E-state index contributed by atoms with van der Waals surface area (Å²) < 4.78 is 0. The highest BCUT2D eigenvalue weighted by atomic mass is 16.4. The van der Waals surface area contributed by atoms with E-state index >= 15 is 0 Å². The van der Waals surface area contributed by atoms with Gasteiger partial charge in [-0.15, -0.1) is 0 Å². The number of carboxylic acids is 1. The van der Waals surface area contributed by atoms with Gasteiger partial charge in [-0.2, -0.15) is 0 Å². The summed E-state index contributed by atoms with van der Waals surface area (Å²) in [7, 11) is 0. The van der Waals surface area contributed by atoms with E-state index in [1.165, 1.54) is 19.3 Å². The van der Waals surface area contributed by atoms with Gasteiger partial charge in [0.25, 0.3) is 0 Å². The first-order valence-electron chi connectivity index (χ1n) is 5.06. The molecular formula is C10H19NO2. The van der Waals surface area contributed by atoms with Crippen molar-refractivity contribution in [2.24, 2.45) is 11.8 Å². The molecule has 0 aromatic carbocycles. The van der Waals surface area contributed by atoms with Gasteiger partial charge in [0.05, 0.1) is 6.54 Å². The molecule has 0 radical (unpaired) electrons. The fourth-order valence-corrected chi connectivity index (χ4v) is 2.29. The maximum Gasteiger partial charge on any atom is 0.317 e. The molecule has 2 N–H and O–H groups in total. The van der Waals surface area contributed by atoms with Gasteiger partial charge in [-0.25, -0.2) is 0 Å². The monoisotopic (exact) mass is 185 g/mol. The molecule has 76 valence electrons. The Hall–Kier alpha value is -0.570. The Bertz CT molecular complexity index is 172. The highest BCUT2D eigenvalue weighted by Crippen LogP contribution is 2.28. The van der Waals surface area contributed by atoms with E-state index in [-0.39, 0.29) is 6.54 Å². The van der Waals surface area contributed by atoms with Crippen molar-refractivity contribution in [2.45, 2.75) is 39.2 Å². The number of nitrogens with one attached hydrogen (secondary N) is 1. The summed E-state index contributed by atoms with van der Waals surface area (Å²) in [6.45, 7) is 4.50. The molecule has 2 atom stereocenters. The molecule has 1 rings (SSSR count). The van der Waals surface area contributed by atoms with Gasteiger partial charge in [0.15, 0.2) is 0 Å². The molecule has 0 aromatic rings. The van der Waals surface area contributed by atoms with Crippen LogP contribution in [0.25, 0.3) is 0 Å². The van der Waals surface area contributed by atoms with Crippen LogP contribution in [-0.4, -0.2) is 23.7 Å². The summed E-state index contributed by atoms with van der Waals surface area (Å²) in [6, 6.07) is 0.393. The van der Waals surface area contributed by atoms with Crippen molar-refractivity contribution in [1.29, 1.82) is 0 Å². The maximum absolute atomic E-state index is 10.4. The molecule has 2 unspecified atom stereocenters. The van der Waals surface area contributed by atoms with Crippen LogP contribution < -0.4 is 5.32 Å². The molecule has 0 spiro atoms. The summed E-state index contributed by atoms with van der Waals surface area (Å²) in [4.78, 5) is 10.4. The largest absolute Gasteiger partial charge is 0.480 e. The lowest BCUT2D eigenvalue weighted by Gasteiger charge is -2.34. The van der Waals surface area contributed by atoms with Crippen molar-refractivity contribution in [2.75, 3.05) is 6.54 Å². The molecule has 1 aliphatic carbocycles. The van der Waals surface area contributed by atoms with Crippen molar-refractivity contribution < 1.29 is 9.90 Å². The molecule has 3 heteroatoms. The Morgan fingerprint density at radius 2 is 1.92 bits per heavy atom. The highest BCUT2D eigenvalue weighted by Gasteiger charge is 2.27. The zero-order valence-corrected chi connectivity index (χ0v) is 8.42. The molecule has 0 bridgehead atoms. The molecule has 0 saturated heterocycles. The van der Waals surface area contributed by atoms with Crippen molar-refractivity contribution in [3.63, 3.8) is 0 Å². The van der Waals surface area contributed by atoms with E-state index in [0.29, 0.717) is 17.9 Å². The number of carboxylic acid groups (broad SMARTS) is 1. The SMILES string of the molecule is CC1CCCC(C)C1NCC(=O)O. The van der Waals surface area contributed by atoms with Crippen LogP contribution in [0, 0.1) is 11.8 Å². The van der Waals surface area contributed by atoms with Crippen molar-refractivity contribution >= 4 is 5.97 Å². The van der Waals surface area contributed by atoms with Gasteiger partial charge in [-0.3, -0.25) is 4.79 Å². The van der Waals surface area contributed by atoms with Crippen LogP contribution in [0.5, 0.6) is 0 Å². The molecule has 1 saturated carbocycles. The lowest BCUT2D eigenvalue weighted by molar-refractivity contribution is -0.136. The van der Waals surface area contributed by atoms with E-state index in [1.807, 2.05) is 0 Å². The van der Waals surface area contributed by atoms with Crippen LogP contribution in [-0.2, 0) is 4.79 Å². The lowest BCUT2D eigenvalue weighted by atomic mass is 9.79. The van der Waals surface area contributed by atoms with Crippen molar-refractivity contribution in [3.8, 4) is 0 Å². The first-order valence-corrected chi connectivity index (χ1v) is 5.06. The molecule has 1 fully saturated rings. The summed E-state index contributed by atoms with van der Waals surface area (Å²) in [5.74, 6) is 0.469. The second kappa shape index (κ2) is 4.61. The number of carbonyl (C=O) groups is 1. The second-order valence-electron chi connectivity index (χ2n) is 4.19. The Balaban J connectivity index is 2.39. The first kappa shape index (κ1) is 10.5. The normalized spacial score (nSPS) is 34.5. The third kappa shape index (κ3) is 2.99. The van der Waals surface area contributed by atoms with Gasteiger partial charge in [0, 0.05) is 6.04 Å². The number of hydrogen-bond donors (Lipinski definition) is 2. The maximum atomic E-state index is 10.4. The van der Waals surface area contributed by atoms with Gasteiger partial charge in [-0.05, 0) is 24.7 Å². The Morgan fingerprint density at radius 1 is 1.38 bits per heavy atom. The molecular weight excluding hydrogens is 166 g/mol. The quantitative estimate of drug-likeness (QED) is 0.700. The highest BCUT2D eigenvalue weighted by molar-refractivity contribution is 5.69. The van der Waals surface area contributed by atoms with Gasteiger partial charge in [0.2, 0.25) is 0 Å². The molecule has 0 heterocycles. The average molecular weight is 185 g/mol. The smallest absolute Gasteiger partial charge is 0.317 e. The number of hydrogen-bond acceptors (Lipinski definition) is 2. The van der Waals surface area contributed by atoms with Crippen molar-refractivity contribution in [1.82, 2.24) is 5.32 Å². The van der Waals surface area contributed by atoms with Crippen molar-refractivity contribution in [3.05, 3.63) is 0 Å². The minimum Gasteiger partial charge on any atom is -0.480 e. The van der Waals surface area contributed by atoms with Crippen LogP contribution in [0.3, 0.4) is 0 Å². The molecule has 13 heavy (non-hydrogen) atoms. The van der Waals surface area contributed by atoms with Crippen LogP contribution in [0.1, 0.15) is 33.1 Å². The third-order valence-corrected chi connectivity index (χ3v) is 3.03. The minimum atomic E-state index is -0.759. The second-order valence-corrected chi connectivity index (χ2v) is 4.19. The Morgan fingerprint density at radius 3 is 2.38 bits per heavy atom. The Labute approximate surface area is 79.5 Å². The van der Waals surface area contributed by atoms with Gasteiger partial charge >= 0.3 is 5.97 Å². The standard InChI is InChI=1S/C10H19NO2/c1-7-4-3-5-8(2)10(7)11-6-9(12)13/h7-8,10-11H,3-6H2,1-2H3,(H,12,13). The van der Waals surface area contributed by atoms with Gasteiger partial charge in [0.1, 0.15) is 0 Å². The van der Waals surface area contributed by atoms with E-state index in [0.717, 1.165) is 0 Å². The van der Waals surface area contributed by atoms with Gasteiger partial charge in [-0.1, -0.05) is 20.3 Å². The molecule has 0 aromatic heterocycles. The topological polar surface area (TPSA) is 49.3 Å². The number of rotatable bonds is 3. The van der Waals surface area contributed by atoms with Gasteiger partial charge < -0.3 is 10.4 Å². The zero-order valence-electron chi connectivity index (χ0n) is 8.42. The molecule has 1 aliphatic rings. The van der Waals surface area contributed by atoms with E-state index in [1.54, 1.807) is 0 Å².